The second-order valence-corrected chi connectivity index (χ2v) is 7.78. The second kappa shape index (κ2) is 9.08. The zero-order valence-electron chi connectivity index (χ0n) is 15.0. The van der Waals surface area contributed by atoms with Gasteiger partial charge in [-0.2, -0.15) is 0 Å². The first-order chi connectivity index (χ1) is 11.1. The minimum atomic E-state index is -1.04. The van der Waals surface area contributed by atoms with Gasteiger partial charge in [0, 0.05) is 17.9 Å². The van der Waals surface area contributed by atoms with Crippen molar-refractivity contribution in [2.24, 2.45) is 0 Å². The summed E-state index contributed by atoms with van der Waals surface area (Å²) < 4.78 is 5.53. The zero-order chi connectivity index (χ0) is 18.3. The second-order valence-electron chi connectivity index (χ2n) is 6.77. The molecule has 0 aliphatic carbocycles. The van der Waals surface area contributed by atoms with Crippen LogP contribution in [0.2, 0.25) is 0 Å². The van der Waals surface area contributed by atoms with Crippen molar-refractivity contribution in [1.29, 1.82) is 0 Å². The van der Waals surface area contributed by atoms with E-state index in [9.17, 15) is 14.7 Å². The third-order valence-corrected chi connectivity index (χ3v) is 4.44. The van der Waals surface area contributed by atoms with E-state index in [-0.39, 0.29) is 30.3 Å². The van der Waals surface area contributed by atoms with E-state index in [4.69, 9.17) is 4.74 Å². The minimum Gasteiger partial charge on any atom is -0.480 e. The lowest BCUT2D eigenvalue weighted by molar-refractivity contribution is -0.142. The van der Waals surface area contributed by atoms with E-state index in [2.05, 4.69) is 11.4 Å². The predicted molar refractivity (Wildman–Crippen MR) is 96.5 cm³/mol. The lowest BCUT2D eigenvalue weighted by Crippen LogP contribution is -2.42. The predicted octanol–water partition coefficient (Wildman–Crippen LogP) is 3.17. The van der Waals surface area contributed by atoms with E-state index < -0.39 is 12.0 Å². The van der Waals surface area contributed by atoms with Gasteiger partial charge in [-0.25, -0.2) is 4.79 Å². The van der Waals surface area contributed by atoms with Gasteiger partial charge in [-0.3, -0.25) is 4.79 Å². The van der Waals surface area contributed by atoms with Crippen LogP contribution in [0, 0.1) is 13.8 Å². The van der Waals surface area contributed by atoms with Crippen LogP contribution in [0.5, 0.6) is 0 Å². The molecule has 0 fully saturated rings. The monoisotopic (exact) mass is 353 g/mol. The summed E-state index contributed by atoms with van der Waals surface area (Å²) >= 11 is 1.41. The summed E-state index contributed by atoms with van der Waals surface area (Å²) in [6.07, 6.45) is 0.243. The van der Waals surface area contributed by atoms with Crippen molar-refractivity contribution in [3.63, 3.8) is 0 Å². The maximum Gasteiger partial charge on any atom is 0.326 e. The van der Waals surface area contributed by atoms with Gasteiger partial charge in [0.2, 0.25) is 5.91 Å². The molecule has 2 N–H and O–H groups in total. The Morgan fingerprint density at radius 3 is 2.50 bits per heavy atom. The van der Waals surface area contributed by atoms with Gasteiger partial charge in [0.1, 0.15) is 6.04 Å². The molecule has 0 saturated heterocycles. The van der Waals surface area contributed by atoms with Crippen molar-refractivity contribution in [1.82, 2.24) is 5.32 Å². The van der Waals surface area contributed by atoms with Crippen LogP contribution in [0.4, 0.5) is 0 Å². The standard InChI is InChI=1S/C18H27NO4S/c1-12-6-7-15(13(2)10-12)24-11-16(20)19-14(17(21)22)8-9-23-18(3,4)5/h6-7,10,14H,8-9,11H2,1-5H3,(H,19,20)(H,21,22). The number of amides is 1. The molecule has 0 aliphatic rings. The number of aliphatic carboxylic acids is 1. The first-order valence-corrected chi connectivity index (χ1v) is 8.93. The number of thioether (sulfide) groups is 1. The number of carbonyl (C=O) groups is 2. The summed E-state index contributed by atoms with van der Waals surface area (Å²) in [6.45, 7) is 10.0. The molecule has 5 nitrogen and oxygen atoms in total. The molecule has 1 unspecified atom stereocenters. The Balaban J connectivity index is 2.49. The lowest BCUT2D eigenvalue weighted by atomic mass is 10.2. The van der Waals surface area contributed by atoms with Gasteiger partial charge in [-0.05, 0) is 46.2 Å². The molecular weight excluding hydrogens is 326 g/mol. The van der Waals surface area contributed by atoms with Gasteiger partial charge in [-0.15, -0.1) is 11.8 Å². The molecule has 0 heterocycles. The van der Waals surface area contributed by atoms with E-state index in [1.807, 2.05) is 46.8 Å². The Kier molecular flexibility index (Phi) is 7.76. The molecule has 6 heteroatoms. The van der Waals surface area contributed by atoms with Gasteiger partial charge < -0.3 is 15.2 Å². The van der Waals surface area contributed by atoms with Crippen molar-refractivity contribution in [3.05, 3.63) is 29.3 Å². The highest BCUT2D eigenvalue weighted by Gasteiger charge is 2.21. The quantitative estimate of drug-likeness (QED) is 0.702. The van der Waals surface area contributed by atoms with Crippen LogP contribution < -0.4 is 5.32 Å². The summed E-state index contributed by atoms with van der Waals surface area (Å²) in [5, 5.41) is 11.8. The van der Waals surface area contributed by atoms with Crippen LogP contribution in [0.25, 0.3) is 0 Å². The summed E-state index contributed by atoms with van der Waals surface area (Å²) in [4.78, 5) is 24.3. The molecular formula is C18H27NO4S. The third kappa shape index (κ3) is 7.84. The van der Waals surface area contributed by atoms with Crippen molar-refractivity contribution in [2.45, 2.75) is 57.6 Å². The number of benzene rings is 1. The number of rotatable bonds is 8. The number of aryl methyl sites for hydroxylation is 2. The number of nitrogens with one attached hydrogen (secondary N) is 1. The van der Waals surface area contributed by atoms with E-state index in [0.29, 0.717) is 0 Å². The maximum atomic E-state index is 12.0. The van der Waals surface area contributed by atoms with Crippen LogP contribution in [0.15, 0.2) is 23.1 Å². The van der Waals surface area contributed by atoms with Gasteiger partial charge >= 0.3 is 5.97 Å². The van der Waals surface area contributed by atoms with Crippen molar-refractivity contribution in [3.8, 4) is 0 Å². The van der Waals surface area contributed by atoms with Crippen LogP contribution in [-0.4, -0.2) is 41.0 Å². The van der Waals surface area contributed by atoms with Crippen molar-refractivity contribution in [2.75, 3.05) is 12.4 Å². The Morgan fingerprint density at radius 2 is 1.96 bits per heavy atom. The highest BCUT2D eigenvalue weighted by molar-refractivity contribution is 8.00. The first kappa shape index (κ1) is 20.5. The van der Waals surface area contributed by atoms with E-state index >= 15 is 0 Å². The smallest absolute Gasteiger partial charge is 0.326 e. The van der Waals surface area contributed by atoms with Crippen LogP contribution >= 0.6 is 11.8 Å². The summed E-state index contributed by atoms with van der Waals surface area (Å²) in [5.74, 6) is -1.14. The van der Waals surface area contributed by atoms with Gasteiger partial charge in [0.15, 0.2) is 0 Å². The molecule has 1 aromatic carbocycles. The largest absolute Gasteiger partial charge is 0.480 e. The van der Waals surface area contributed by atoms with E-state index in [1.165, 1.54) is 17.3 Å². The Labute approximate surface area is 148 Å². The SMILES string of the molecule is Cc1ccc(SCC(=O)NC(CCOC(C)(C)C)C(=O)O)c(C)c1. The topological polar surface area (TPSA) is 75.6 Å². The minimum absolute atomic E-state index is 0.188. The summed E-state index contributed by atoms with van der Waals surface area (Å²) in [6, 6.07) is 5.11. The molecule has 0 saturated carbocycles. The molecule has 1 amide bonds. The lowest BCUT2D eigenvalue weighted by Gasteiger charge is -2.21. The summed E-state index contributed by atoms with van der Waals surface area (Å²) in [5.41, 5.74) is 1.96. The number of carboxylic acids is 1. The molecule has 0 spiro atoms. The fraction of sp³-hybridized carbons (Fsp3) is 0.556. The number of hydrogen-bond acceptors (Lipinski definition) is 4. The van der Waals surface area contributed by atoms with E-state index in [0.717, 1.165) is 10.5 Å². The molecule has 0 aliphatic heterocycles. The zero-order valence-corrected chi connectivity index (χ0v) is 15.8. The number of hydrogen-bond donors (Lipinski definition) is 2. The first-order valence-electron chi connectivity index (χ1n) is 7.94. The maximum absolute atomic E-state index is 12.0. The fourth-order valence-electron chi connectivity index (χ4n) is 2.08. The molecule has 0 radical (unpaired) electrons. The molecule has 0 aromatic heterocycles. The fourth-order valence-corrected chi connectivity index (χ4v) is 2.90. The van der Waals surface area contributed by atoms with Crippen LogP contribution in [-0.2, 0) is 14.3 Å². The Morgan fingerprint density at radius 1 is 1.29 bits per heavy atom. The number of carboxylic acid groups (broad SMARTS) is 1. The van der Waals surface area contributed by atoms with Crippen molar-refractivity contribution < 1.29 is 19.4 Å². The third-order valence-electron chi connectivity index (χ3n) is 3.26. The molecule has 134 valence electrons. The molecule has 1 rings (SSSR count). The normalized spacial score (nSPS) is 12.7. The van der Waals surface area contributed by atoms with Gasteiger partial charge in [0.05, 0.1) is 11.4 Å². The Bertz CT molecular complexity index is 581. The van der Waals surface area contributed by atoms with Crippen molar-refractivity contribution >= 4 is 23.6 Å². The number of ether oxygens (including phenoxy) is 1. The molecule has 24 heavy (non-hydrogen) atoms. The van der Waals surface area contributed by atoms with Gasteiger partial charge in [0.25, 0.3) is 0 Å². The average Bonchev–Trinajstić information content (AvgIpc) is 2.43. The van der Waals surface area contributed by atoms with Crippen LogP contribution in [0.1, 0.15) is 38.3 Å². The van der Waals surface area contributed by atoms with E-state index in [1.54, 1.807) is 0 Å². The number of carbonyl (C=O) groups excluding carboxylic acids is 1. The van der Waals surface area contributed by atoms with Gasteiger partial charge in [-0.1, -0.05) is 17.7 Å². The highest BCUT2D eigenvalue weighted by atomic mass is 32.2. The Hall–Kier alpha value is -1.53. The highest BCUT2D eigenvalue weighted by Crippen LogP contribution is 2.22. The average molecular weight is 353 g/mol. The molecule has 1 aromatic rings. The molecule has 0 bridgehead atoms. The summed E-state index contributed by atoms with van der Waals surface area (Å²) in [7, 11) is 0. The molecule has 1 atom stereocenters. The van der Waals surface area contributed by atoms with Crippen LogP contribution in [0.3, 0.4) is 0 Å².